The molecule has 1 fully saturated rings. The molecule has 6 nitrogen and oxygen atoms in total. The molecule has 26 heavy (non-hydrogen) atoms. The zero-order valence-corrected chi connectivity index (χ0v) is 15.0. The summed E-state index contributed by atoms with van der Waals surface area (Å²) in [4.78, 5) is 10.9. The van der Waals surface area contributed by atoms with E-state index in [2.05, 4.69) is 20.0 Å². The number of ether oxygens (including phenoxy) is 1. The van der Waals surface area contributed by atoms with Gasteiger partial charge >= 0.3 is 0 Å². The van der Waals surface area contributed by atoms with E-state index in [1.54, 1.807) is 12.4 Å². The highest BCUT2D eigenvalue weighted by Crippen LogP contribution is 2.21. The molecule has 1 aliphatic rings. The number of piperidine rings is 1. The van der Waals surface area contributed by atoms with Crippen LogP contribution in [0.4, 0.5) is 0 Å². The molecule has 4 rings (SSSR count). The standard InChI is InChI=1S/C19H19ClN4O2/c20-15-5-3-14(4-6-15)19-22-18(26-23-19)13-24-10-7-16(8-11-24)25-17-2-1-9-21-12-17/h1-6,9,12,16H,7-8,10-11,13H2. The maximum absolute atomic E-state index is 5.97. The van der Waals surface area contributed by atoms with Crippen LogP contribution >= 0.6 is 11.6 Å². The predicted molar refractivity (Wildman–Crippen MR) is 97.9 cm³/mol. The van der Waals surface area contributed by atoms with Gasteiger partial charge in [-0.15, -0.1) is 0 Å². The Labute approximate surface area is 156 Å². The summed E-state index contributed by atoms with van der Waals surface area (Å²) < 4.78 is 11.4. The molecule has 1 aromatic carbocycles. The third-order valence-corrected chi connectivity index (χ3v) is 4.65. The van der Waals surface area contributed by atoms with Crippen LogP contribution in [0.2, 0.25) is 5.02 Å². The summed E-state index contributed by atoms with van der Waals surface area (Å²) in [7, 11) is 0. The van der Waals surface area contributed by atoms with Crippen molar-refractivity contribution in [3.8, 4) is 17.1 Å². The lowest BCUT2D eigenvalue weighted by molar-refractivity contribution is 0.0901. The highest BCUT2D eigenvalue weighted by atomic mass is 35.5. The van der Waals surface area contributed by atoms with Crippen LogP contribution in [0, 0.1) is 0 Å². The van der Waals surface area contributed by atoms with Gasteiger partial charge in [0.05, 0.1) is 12.7 Å². The van der Waals surface area contributed by atoms with Gasteiger partial charge in [0.2, 0.25) is 11.7 Å². The summed E-state index contributed by atoms with van der Waals surface area (Å²) in [5.74, 6) is 2.04. The van der Waals surface area contributed by atoms with Crippen LogP contribution in [0.5, 0.6) is 5.75 Å². The van der Waals surface area contributed by atoms with Crippen LogP contribution in [0.1, 0.15) is 18.7 Å². The van der Waals surface area contributed by atoms with Crippen molar-refractivity contribution in [1.29, 1.82) is 0 Å². The second-order valence-electron chi connectivity index (χ2n) is 6.30. The van der Waals surface area contributed by atoms with Crippen molar-refractivity contribution < 1.29 is 9.26 Å². The van der Waals surface area contributed by atoms with Crippen LogP contribution < -0.4 is 4.74 Å². The van der Waals surface area contributed by atoms with E-state index in [0.29, 0.717) is 23.3 Å². The Balaban J connectivity index is 1.30. The molecule has 0 spiro atoms. The average molecular weight is 371 g/mol. The van der Waals surface area contributed by atoms with E-state index in [1.807, 2.05) is 36.4 Å². The lowest BCUT2D eigenvalue weighted by Crippen LogP contribution is -2.37. The molecule has 7 heteroatoms. The summed E-state index contributed by atoms with van der Waals surface area (Å²) in [6.45, 7) is 2.52. The molecule has 3 aromatic rings. The van der Waals surface area contributed by atoms with Gasteiger partial charge in [-0.05, 0) is 49.2 Å². The molecule has 0 amide bonds. The molecular formula is C19H19ClN4O2. The molecule has 134 valence electrons. The van der Waals surface area contributed by atoms with Gasteiger partial charge in [0.15, 0.2) is 0 Å². The number of nitrogens with zero attached hydrogens (tertiary/aromatic N) is 4. The topological polar surface area (TPSA) is 64.3 Å². The van der Waals surface area contributed by atoms with Crippen molar-refractivity contribution in [2.24, 2.45) is 0 Å². The Kier molecular flexibility index (Phi) is 5.13. The maximum atomic E-state index is 5.97. The molecule has 0 saturated carbocycles. The average Bonchev–Trinajstić information content (AvgIpc) is 3.13. The second kappa shape index (κ2) is 7.85. The first-order chi connectivity index (χ1) is 12.8. The highest BCUT2D eigenvalue weighted by molar-refractivity contribution is 6.30. The number of aromatic nitrogens is 3. The van der Waals surface area contributed by atoms with E-state index in [4.69, 9.17) is 20.9 Å². The third kappa shape index (κ3) is 4.20. The first kappa shape index (κ1) is 17.0. The van der Waals surface area contributed by atoms with Crippen LogP contribution in [-0.4, -0.2) is 39.2 Å². The Hall–Kier alpha value is -2.44. The van der Waals surface area contributed by atoms with Gasteiger partial charge in [-0.1, -0.05) is 16.8 Å². The summed E-state index contributed by atoms with van der Waals surface area (Å²) in [6, 6.07) is 11.2. The molecular weight excluding hydrogens is 352 g/mol. The quantitative estimate of drug-likeness (QED) is 0.680. The van der Waals surface area contributed by atoms with Gasteiger partial charge in [-0.25, -0.2) is 0 Å². The number of pyridine rings is 1. The first-order valence-electron chi connectivity index (χ1n) is 8.64. The van der Waals surface area contributed by atoms with Crippen LogP contribution in [0.25, 0.3) is 11.4 Å². The molecule has 0 radical (unpaired) electrons. The number of rotatable bonds is 5. The molecule has 1 aliphatic heterocycles. The Morgan fingerprint density at radius 1 is 1.15 bits per heavy atom. The fourth-order valence-electron chi connectivity index (χ4n) is 3.02. The molecule has 3 heterocycles. The smallest absolute Gasteiger partial charge is 0.241 e. The summed E-state index contributed by atoms with van der Waals surface area (Å²) in [5, 5.41) is 4.75. The van der Waals surface area contributed by atoms with Crippen LogP contribution in [0.15, 0.2) is 53.3 Å². The minimum absolute atomic E-state index is 0.225. The minimum atomic E-state index is 0.225. The zero-order chi connectivity index (χ0) is 17.8. The molecule has 1 saturated heterocycles. The van der Waals surface area contributed by atoms with Gasteiger partial charge in [-0.2, -0.15) is 4.98 Å². The molecule has 0 atom stereocenters. The van der Waals surface area contributed by atoms with Crippen molar-refractivity contribution in [2.75, 3.05) is 13.1 Å². The van der Waals surface area contributed by atoms with Crippen molar-refractivity contribution in [3.63, 3.8) is 0 Å². The highest BCUT2D eigenvalue weighted by Gasteiger charge is 2.22. The van der Waals surface area contributed by atoms with E-state index in [-0.39, 0.29) is 6.10 Å². The van der Waals surface area contributed by atoms with Crippen molar-refractivity contribution in [1.82, 2.24) is 20.0 Å². The largest absolute Gasteiger partial charge is 0.489 e. The zero-order valence-electron chi connectivity index (χ0n) is 14.2. The van der Waals surface area contributed by atoms with Crippen LogP contribution in [-0.2, 0) is 6.54 Å². The van der Waals surface area contributed by atoms with Gasteiger partial charge < -0.3 is 9.26 Å². The summed E-state index contributed by atoms with van der Waals surface area (Å²) in [6.07, 6.45) is 5.66. The molecule has 0 aliphatic carbocycles. The van der Waals surface area contributed by atoms with Gasteiger partial charge in [0, 0.05) is 29.9 Å². The van der Waals surface area contributed by atoms with Crippen LogP contribution in [0.3, 0.4) is 0 Å². The molecule has 2 aromatic heterocycles. The number of hydrogen-bond donors (Lipinski definition) is 0. The van der Waals surface area contributed by atoms with E-state index in [9.17, 15) is 0 Å². The summed E-state index contributed by atoms with van der Waals surface area (Å²) in [5.41, 5.74) is 0.896. The molecule has 0 unspecified atom stereocenters. The number of halogens is 1. The van der Waals surface area contributed by atoms with Gasteiger partial charge in [0.25, 0.3) is 0 Å². The lowest BCUT2D eigenvalue weighted by Gasteiger charge is -2.31. The SMILES string of the molecule is Clc1ccc(-c2noc(CN3CCC(Oc4cccnc4)CC3)n2)cc1. The summed E-state index contributed by atoms with van der Waals surface area (Å²) >= 11 is 5.91. The predicted octanol–water partition coefficient (Wildman–Crippen LogP) is 3.83. The van der Waals surface area contributed by atoms with E-state index in [0.717, 1.165) is 37.2 Å². The van der Waals surface area contributed by atoms with Crippen molar-refractivity contribution in [3.05, 3.63) is 59.7 Å². The molecule has 0 N–H and O–H groups in total. The third-order valence-electron chi connectivity index (χ3n) is 4.40. The Morgan fingerprint density at radius 3 is 2.69 bits per heavy atom. The van der Waals surface area contributed by atoms with Gasteiger partial charge in [-0.3, -0.25) is 9.88 Å². The lowest BCUT2D eigenvalue weighted by atomic mass is 10.1. The fraction of sp³-hybridized carbons (Fsp3) is 0.316. The molecule has 0 bridgehead atoms. The fourth-order valence-corrected chi connectivity index (χ4v) is 3.15. The Morgan fingerprint density at radius 2 is 1.96 bits per heavy atom. The number of hydrogen-bond acceptors (Lipinski definition) is 6. The van der Waals surface area contributed by atoms with Crippen molar-refractivity contribution >= 4 is 11.6 Å². The first-order valence-corrected chi connectivity index (χ1v) is 9.01. The number of likely N-dealkylation sites (tertiary alicyclic amines) is 1. The van der Waals surface area contributed by atoms with E-state index in [1.165, 1.54) is 0 Å². The monoisotopic (exact) mass is 370 g/mol. The van der Waals surface area contributed by atoms with Crippen molar-refractivity contribution in [2.45, 2.75) is 25.5 Å². The van der Waals surface area contributed by atoms with E-state index >= 15 is 0 Å². The minimum Gasteiger partial charge on any atom is -0.489 e. The number of benzene rings is 1. The second-order valence-corrected chi connectivity index (χ2v) is 6.74. The normalized spacial score (nSPS) is 15.9. The Bertz CT molecular complexity index is 830. The maximum Gasteiger partial charge on any atom is 0.241 e. The van der Waals surface area contributed by atoms with E-state index < -0.39 is 0 Å². The van der Waals surface area contributed by atoms with Gasteiger partial charge in [0.1, 0.15) is 11.9 Å².